The molecule has 31 heavy (non-hydrogen) atoms. The van der Waals surface area contributed by atoms with Crippen LogP contribution in [0.3, 0.4) is 0 Å². The number of carbonyl (C=O) groups is 2. The smallest absolute Gasteiger partial charge is 0.344 e. The Labute approximate surface area is 177 Å². The number of ether oxygens (including phenoxy) is 3. The van der Waals surface area contributed by atoms with Crippen molar-refractivity contribution in [1.82, 2.24) is 0 Å². The molecule has 8 heteroatoms. The second kappa shape index (κ2) is 10.7. The van der Waals surface area contributed by atoms with E-state index in [1.54, 1.807) is 24.3 Å². The molecule has 6 nitrogen and oxygen atoms in total. The molecule has 0 fully saturated rings. The second-order valence-corrected chi connectivity index (χ2v) is 6.37. The summed E-state index contributed by atoms with van der Waals surface area (Å²) in [5.74, 6) is -2.06. The number of amides is 1. The molecular formula is C23H19F2NO5. The van der Waals surface area contributed by atoms with Gasteiger partial charge in [-0.2, -0.15) is 0 Å². The Hall–Kier alpha value is -3.94. The third kappa shape index (κ3) is 7.11. The first-order chi connectivity index (χ1) is 15.0. The fourth-order valence-electron chi connectivity index (χ4n) is 2.48. The van der Waals surface area contributed by atoms with Crippen molar-refractivity contribution >= 4 is 17.6 Å². The van der Waals surface area contributed by atoms with Crippen LogP contribution in [0, 0.1) is 11.6 Å². The van der Waals surface area contributed by atoms with Gasteiger partial charge in [0.15, 0.2) is 13.2 Å². The van der Waals surface area contributed by atoms with Crippen molar-refractivity contribution < 1.29 is 32.6 Å². The monoisotopic (exact) mass is 427 g/mol. The molecule has 0 aliphatic heterocycles. The van der Waals surface area contributed by atoms with E-state index >= 15 is 0 Å². The number of anilines is 1. The topological polar surface area (TPSA) is 73.9 Å². The van der Waals surface area contributed by atoms with E-state index in [1.807, 2.05) is 30.3 Å². The average Bonchev–Trinajstić information content (AvgIpc) is 2.78. The van der Waals surface area contributed by atoms with E-state index in [2.05, 4.69) is 5.32 Å². The molecule has 160 valence electrons. The normalized spacial score (nSPS) is 10.3. The lowest BCUT2D eigenvalue weighted by Crippen LogP contribution is -2.24. The molecule has 0 atom stereocenters. The number of esters is 1. The molecule has 0 radical (unpaired) electrons. The third-order valence-electron chi connectivity index (χ3n) is 4.00. The Morgan fingerprint density at radius 3 is 2.19 bits per heavy atom. The van der Waals surface area contributed by atoms with Gasteiger partial charge in [-0.1, -0.05) is 30.3 Å². The largest absolute Gasteiger partial charge is 0.489 e. The van der Waals surface area contributed by atoms with Crippen LogP contribution >= 0.6 is 0 Å². The fourth-order valence-corrected chi connectivity index (χ4v) is 2.48. The van der Waals surface area contributed by atoms with Crippen LogP contribution in [-0.4, -0.2) is 25.1 Å². The van der Waals surface area contributed by atoms with E-state index in [1.165, 1.54) is 0 Å². The Bertz CT molecular complexity index is 1030. The number of hydrogen-bond donors (Lipinski definition) is 1. The summed E-state index contributed by atoms with van der Waals surface area (Å²) in [6.45, 7) is -0.662. The highest BCUT2D eigenvalue weighted by atomic mass is 19.1. The van der Waals surface area contributed by atoms with Crippen molar-refractivity contribution in [2.45, 2.75) is 6.61 Å². The standard InChI is InChI=1S/C23H19F2NO5/c24-17-6-11-20(25)21(12-17)26-22(27)14-31-23(28)15-30-19-9-7-18(8-10-19)29-13-16-4-2-1-3-5-16/h1-12H,13-15H2,(H,26,27). The summed E-state index contributed by atoms with van der Waals surface area (Å²) >= 11 is 0. The number of halogens is 2. The molecule has 0 saturated carbocycles. The molecule has 3 aromatic rings. The van der Waals surface area contributed by atoms with Crippen molar-refractivity contribution in [1.29, 1.82) is 0 Å². The van der Waals surface area contributed by atoms with E-state index in [9.17, 15) is 18.4 Å². The van der Waals surface area contributed by atoms with Crippen LogP contribution in [0.1, 0.15) is 5.56 Å². The van der Waals surface area contributed by atoms with Crippen molar-refractivity contribution in [3.05, 3.63) is 90.0 Å². The van der Waals surface area contributed by atoms with Crippen molar-refractivity contribution in [3.63, 3.8) is 0 Å². The maximum absolute atomic E-state index is 13.5. The molecule has 0 aliphatic carbocycles. The number of rotatable bonds is 9. The summed E-state index contributed by atoms with van der Waals surface area (Å²) in [7, 11) is 0. The Morgan fingerprint density at radius 1 is 0.806 bits per heavy atom. The van der Waals surface area contributed by atoms with Gasteiger partial charge in [0.05, 0.1) is 5.69 Å². The van der Waals surface area contributed by atoms with Crippen LogP contribution in [0.2, 0.25) is 0 Å². The van der Waals surface area contributed by atoms with Crippen LogP contribution in [0.25, 0.3) is 0 Å². The van der Waals surface area contributed by atoms with Gasteiger partial charge < -0.3 is 19.5 Å². The van der Waals surface area contributed by atoms with E-state index in [4.69, 9.17) is 14.2 Å². The molecule has 0 aromatic heterocycles. The van der Waals surface area contributed by atoms with Gasteiger partial charge in [0, 0.05) is 6.07 Å². The lowest BCUT2D eigenvalue weighted by molar-refractivity contribution is -0.149. The summed E-state index contributed by atoms with van der Waals surface area (Å²) < 4.78 is 42.3. The summed E-state index contributed by atoms with van der Waals surface area (Å²) in [4.78, 5) is 23.5. The maximum atomic E-state index is 13.5. The maximum Gasteiger partial charge on any atom is 0.344 e. The van der Waals surface area contributed by atoms with E-state index < -0.39 is 36.7 Å². The predicted octanol–water partition coefficient (Wildman–Crippen LogP) is 4.10. The van der Waals surface area contributed by atoms with E-state index in [0.29, 0.717) is 18.1 Å². The van der Waals surface area contributed by atoms with Crippen LogP contribution < -0.4 is 14.8 Å². The number of nitrogens with one attached hydrogen (secondary N) is 1. The molecule has 3 rings (SSSR count). The molecule has 3 aromatic carbocycles. The second-order valence-electron chi connectivity index (χ2n) is 6.37. The lowest BCUT2D eigenvalue weighted by Gasteiger charge is -2.09. The highest BCUT2D eigenvalue weighted by Gasteiger charge is 2.12. The first-order valence-corrected chi connectivity index (χ1v) is 9.30. The minimum absolute atomic E-state index is 0.341. The number of benzene rings is 3. The van der Waals surface area contributed by atoms with Gasteiger partial charge in [-0.15, -0.1) is 0 Å². The summed E-state index contributed by atoms with van der Waals surface area (Å²) in [5, 5.41) is 2.12. The number of hydrogen-bond acceptors (Lipinski definition) is 5. The molecule has 0 heterocycles. The van der Waals surface area contributed by atoms with Crippen LogP contribution in [-0.2, 0) is 20.9 Å². The van der Waals surface area contributed by atoms with Gasteiger partial charge in [-0.25, -0.2) is 13.6 Å². The van der Waals surface area contributed by atoms with Crippen molar-refractivity contribution in [2.24, 2.45) is 0 Å². The third-order valence-corrected chi connectivity index (χ3v) is 4.00. The summed E-state index contributed by atoms with van der Waals surface area (Å²) in [5.41, 5.74) is 0.696. The zero-order chi connectivity index (χ0) is 22.1. The Balaban J connectivity index is 1.38. The number of carbonyl (C=O) groups excluding carboxylic acids is 2. The highest BCUT2D eigenvalue weighted by molar-refractivity contribution is 5.92. The molecule has 0 bridgehead atoms. The summed E-state index contributed by atoms with van der Waals surface area (Å²) in [6.07, 6.45) is 0. The SMILES string of the molecule is O=C(COC(=O)COc1ccc(OCc2ccccc2)cc1)Nc1cc(F)ccc1F. The predicted molar refractivity (Wildman–Crippen MR) is 109 cm³/mol. The van der Waals surface area contributed by atoms with Crippen LogP contribution in [0.15, 0.2) is 72.8 Å². The first kappa shape index (κ1) is 21.8. The van der Waals surface area contributed by atoms with Gasteiger partial charge in [0.2, 0.25) is 0 Å². The average molecular weight is 427 g/mol. The first-order valence-electron chi connectivity index (χ1n) is 9.30. The van der Waals surface area contributed by atoms with Gasteiger partial charge in [0.1, 0.15) is 29.7 Å². The highest BCUT2D eigenvalue weighted by Crippen LogP contribution is 2.19. The molecule has 1 N–H and O–H groups in total. The summed E-state index contributed by atoms with van der Waals surface area (Å²) in [6, 6.07) is 19.0. The minimum Gasteiger partial charge on any atom is -0.489 e. The lowest BCUT2D eigenvalue weighted by atomic mass is 10.2. The Kier molecular flexibility index (Phi) is 7.53. The van der Waals surface area contributed by atoms with Gasteiger partial charge in [0.25, 0.3) is 5.91 Å². The molecule has 0 unspecified atom stereocenters. The van der Waals surface area contributed by atoms with E-state index in [0.717, 1.165) is 23.8 Å². The van der Waals surface area contributed by atoms with Crippen LogP contribution in [0.4, 0.5) is 14.5 Å². The molecular weight excluding hydrogens is 408 g/mol. The quantitative estimate of drug-likeness (QED) is 0.521. The van der Waals surface area contributed by atoms with Gasteiger partial charge >= 0.3 is 5.97 Å². The molecule has 1 amide bonds. The van der Waals surface area contributed by atoms with Crippen LogP contribution in [0.5, 0.6) is 11.5 Å². The van der Waals surface area contributed by atoms with Gasteiger partial charge in [-0.3, -0.25) is 4.79 Å². The Morgan fingerprint density at radius 2 is 1.48 bits per heavy atom. The van der Waals surface area contributed by atoms with E-state index in [-0.39, 0.29) is 5.69 Å². The van der Waals surface area contributed by atoms with Gasteiger partial charge in [-0.05, 0) is 42.0 Å². The van der Waals surface area contributed by atoms with Crippen molar-refractivity contribution in [3.8, 4) is 11.5 Å². The minimum atomic E-state index is -0.808. The molecule has 0 spiro atoms. The molecule has 0 aliphatic rings. The fraction of sp³-hybridized carbons (Fsp3) is 0.130. The zero-order valence-electron chi connectivity index (χ0n) is 16.3. The van der Waals surface area contributed by atoms with Crippen molar-refractivity contribution in [2.75, 3.05) is 18.5 Å². The molecule has 0 saturated heterocycles. The zero-order valence-corrected chi connectivity index (χ0v) is 16.3.